The predicted octanol–water partition coefficient (Wildman–Crippen LogP) is 7.51. The number of carbonyl (C=O) groups is 8. The number of aliphatic carboxylic acids is 1. The number of nitrogens with one attached hydrogen (secondary N) is 4. The second-order valence-corrected chi connectivity index (χ2v) is 28.4. The Labute approximate surface area is 565 Å². The lowest BCUT2D eigenvalue weighted by molar-refractivity contribution is -0.146. The molecule has 490 valence electrons. The Balaban J connectivity index is 0.924. The van der Waals surface area contributed by atoms with Crippen LogP contribution in [0.1, 0.15) is 136 Å². The number of rotatable bonds is 13. The molecule has 9 heterocycles. The van der Waals surface area contributed by atoms with Gasteiger partial charge in [0.2, 0.25) is 11.8 Å². The number of methoxy groups -OCH3 is 1. The number of benzene rings is 2. The summed E-state index contributed by atoms with van der Waals surface area (Å²) in [7, 11) is 1.36. The van der Waals surface area contributed by atoms with Crippen LogP contribution in [0.4, 0.5) is 0 Å². The Hall–Kier alpha value is -9.15. The van der Waals surface area contributed by atoms with E-state index in [-0.39, 0.29) is 75.3 Å². The molecular formula is C63H59N13O13S6. The lowest BCUT2D eigenvalue weighted by atomic mass is 9.86. The number of hydrogen-bond donors (Lipinski definition) is 8. The van der Waals surface area contributed by atoms with Gasteiger partial charge in [-0.05, 0) is 68.0 Å². The number of aryl methyl sites for hydroxylation is 1. The van der Waals surface area contributed by atoms with Crippen molar-refractivity contribution in [3.63, 3.8) is 0 Å². The molecule has 1 saturated heterocycles. The smallest absolute Gasteiger partial charge is 0.341 e. The van der Waals surface area contributed by atoms with Crippen LogP contribution in [0.15, 0.2) is 93.6 Å². The molecule has 3 aliphatic rings. The molecule has 7 atom stereocenters. The van der Waals surface area contributed by atoms with Crippen LogP contribution < -0.4 is 31.7 Å². The minimum atomic E-state index is -1.44. The van der Waals surface area contributed by atoms with Crippen LogP contribution >= 0.6 is 68.0 Å². The predicted molar refractivity (Wildman–Crippen MR) is 353 cm³/mol. The van der Waals surface area contributed by atoms with Crippen LogP contribution in [0.3, 0.4) is 0 Å². The van der Waals surface area contributed by atoms with Crippen LogP contribution in [0.25, 0.3) is 43.4 Å². The van der Waals surface area contributed by atoms with E-state index in [4.69, 9.17) is 40.1 Å². The number of amides is 6. The number of pyridine rings is 1. The molecule has 0 radical (unpaired) electrons. The number of aliphatic hydroxyl groups excluding tert-OH is 2. The summed E-state index contributed by atoms with van der Waals surface area (Å²) in [4.78, 5) is 145. The first-order valence-electron chi connectivity index (χ1n) is 29.8. The van der Waals surface area contributed by atoms with Gasteiger partial charge in [-0.1, -0.05) is 49.4 Å². The molecular weight excluding hydrogens is 1340 g/mol. The zero-order chi connectivity index (χ0) is 66.8. The fourth-order valence-corrected chi connectivity index (χ4v) is 16.7. The monoisotopic (exact) mass is 1400 g/mol. The number of esters is 1. The zero-order valence-electron chi connectivity index (χ0n) is 50.6. The molecule has 9 N–H and O–H groups in total. The number of ether oxygens (including phenoxy) is 2. The summed E-state index contributed by atoms with van der Waals surface area (Å²) in [6.45, 7) is 2.70. The van der Waals surface area contributed by atoms with E-state index in [0.717, 1.165) is 34.0 Å². The number of fused-ring (bicyclic) bond motifs is 16. The number of primary amides is 1. The second kappa shape index (κ2) is 28.4. The fraction of sp³-hybridized carbons (Fsp3) is 0.317. The quantitative estimate of drug-likeness (QED) is 0.0517. The Bertz CT molecular complexity index is 4390. The number of hydrogen-bond acceptors (Lipinski definition) is 25. The fourth-order valence-electron chi connectivity index (χ4n) is 11.4. The zero-order valence-corrected chi connectivity index (χ0v) is 55.5. The molecule has 10 bridgehead atoms. The van der Waals surface area contributed by atoms with Gasteiger partial charge >= 0.3 is 11.9 Å². The first-order valence-corrected chi connectivity index (χ1v) is 35.0. The van der Waals surface area contributed by atoms with E-state index in [2.05, 4.69) is 31.2 Å². The van der Waals surface area contributed by atoms with Gasteiger partial charge in [-0.3, -0.25) is 33.6 Å². The van der Waals surface area contributed by atoms with Crippen LogP contribution in [-0.2, 0) is 30.3 Å². The number of carbonyl (C=O) groups excluding carboxylic acids is 7. The molecule has 1 saturated carbocycles. The first kappa shape index (κ1) is 65.9. The van der Waals surface area contributed by atoms with Crippen LogP contribution in [0, 0.1) is 18.8 Å². The molecule has 26 nitrogen and oxygen atoms in total. The standard InChI is InChI=1S/C63H59N13O13S6/c1-28-44(77)21-76-50(28)61-73-43(27-94-61)58-69-39(23-91-58)48-35(17-18-36(66-48)57-71-40(25-92-57)52(82)65-33-13-11-32(12-14-33)63(87)88-3)56-70-41(24-90-56)53(83)67-37(20-45(64)78)59-75-47(29(2)95-59)55(85)74-49(51(81)31-7-5-4-6-8-31)60-72-42(26-93-60)54(84)68-38(62(76)86)19-30-9-15-34(16-10-30)89-22-46(79)80/h4-10,15-18,23-28,32-33,37-38,44,49-51,77,81H,11-14,19-22H2,1-3H3,(H2,64,78)(H,65,82)(H,67,83)(H,68,84)(H,74,85)(H,79,80)/t28-,32?,33?,37-,38-,44-,49-,50-,51+/m0/s1. The number of aliphatic hydroxyl groups is 2. The summed E-state index contributed by atoms with van der Waals surface area (Å²) in [6, 6.07) is 13.6. The Morgan fingerprint density at radius 2 is 1.35 bits per heavy atom. The van der Waals surface area contributed by atoms with Crippen molar-refractivity contribution in [2.45, 2.75) is 94.8 Å². The SMILES string of the molecule is COC(=O)C1CCC(NC(=O)c2csc(-c3ccc4c(n3)-c3csc(n3)-c3csc(n3)[C@@H]3[C@@H](C)[C@@H](O)CN3C(=O)[C@H](Cc3ccc(OCC(=O)O)cc3)NC(=O)c3csc(n3)[C@H]([C@H](O)c3ccccc3)NC(=O)c3nc(sc3C)[C@H](CC(N)=O)NC(=O)c3csc-4n3)n2)CC1. The van der Waals surface area contributed by atoms with Gasteiger partial charge in [0, 0.05) is 62.3 Å². The normalized spacial score (nSPS) is 21.1. The van der Waals surface area contributed by atoms with Crippen LogP contribution in [0.2, 0.25) is 0 Å². The van der Waals surface area contributed by atoms with Crippen molar-refractivity contribution in [3.8, 4) is 49.1 Å². The average Bonchev–Trinajstić information content (AvgIpc) is 1.66. The van der Waals surface area contributed by atoms with Gasteiger partial charge in [0.25, 0.3) is 23.6 Å². The highest BCUT2D eigenvalue weighted by atomic mass is 32.1. The van der Waals surface area contributed by atoms with E-state index in [1.165, 1.54) is 56.8 Å². The van der Waals surface area contributed by atoms with Crippen LogP contribution in [-0.4, -0.2) is 141 Å². The van der Waals surface area contributed by atoms with Gasteiger partial charge in [-0.25, -0.2) is 39.7 Å². The minimum absolute atomic E-state index is 0.0360. The highest BCUT2D eigenvalue weighted by molar-refractivity contribution is 7.15. The van der Waals surface area contributed by atoms with E-state index < -0.39 is 90.8 Å². The second-order valence-electron chi connectivity index (χ2n) is 22.8. The summed E-state index contributed by atoms with van der Waals surface area (Å²) >= 11 is 6.85. The summed E-state index contributed by atoms with van der Waals surface area (Å²) < 4.78 is 10.3. The third-order valence-corrected chi connectivity index (χ3v) is 21.9. The molecule has 1 aliphatic carbocycles. The van der Waals surface area contributed by atoms with Crippen molar-refractivity contribution >= 4 is 115 Å². The van der Waals surface area contributed by atoms with Crippen molar-refractivity contribution in [1.29, 1.82) is 0 Å². The summed E-state index contributed by atoms with van der Waals surface area (Å²) in [6.07, 6.45) is -0.605. The topological polar surface area (TPSA) is 383 Å². The number of nitrogens with two attached hydrogens (primary N) is 1. The van der Waals surface area contributed by atoms with Crippen molar-refractivity contribution < 1.29 is 63.1 Å². The molecule has 95 heavy (non-hydrogen) atoms. The van der Waals surface area contributed by atoms with E-state index in [1.54, 1.807) is 96.7 Å². The molecule has 6 amide bonds. The maximum atomic E-state index is 15.3. The van der Waals surface area contributed by atoms with Crippen molar-refractivity contribution in [1.82, 2.24) is 61.1 Å². The number of carboxylic acids is 1. The van der Waals surface area contributed by atoms with Gasteiger partial charge in [0.15, 0.2) is 6.61 Å². The van der Waals surface area contributed by atoms with E-state index in [0.29, 0.717) is 90.1 Å². The third kappa shape index (κ3) is 14.6. The Morgan fingerprint density at radius 1 is 0.695 bits per heavy atom. The lowest BCUT2D eigenvalue weighted by Crippen LogP contribution is -2.50. The van der Waals surface area contributed by atoms with E-state index >= 15 is 4.79 Å². The molecule has 0 spiro atoms. The summed E-state index contributed by atoms with van der Waals surface area (Å²) in [5.74, 6) is -5.95. The number of aromatic nitrogens is 7. The number of thiazole rings is 6. The van der Waals surface area contributed by atoms with Gasteiger partial charge < -0.3 is 56.7 Å². The Kier molecular flexibility index (Phi) is 19.7. The largest absolute Gasteiger partial charge is 0.482 e. The Morgan fingerprint density at radius 3 is 2.08 bits per heavy atom. The summed E-state index contributed by atoms with van der Waals surface area (Å²) in [5, 5.41) is 54.6. The molecule has 9 aromatic rings. The van der Waals surface area contributed by atoms with Gasteiger partial charge in [-0.15, -0.1) is 68.0 Å². The number of carboxylic acid groups (broad SMARTS) is 1. The maximum Gasteiger partial charge on any atom is 0.341 e. The molecule has 2 aliphatic heterocycles. The van der Waals surface area contributed by atoms with Crippen LogP contribution in [0.5, 0.6) is 5.75 Å². The van der Waals surface area contributed by atoms with Crippen molar-refractivity contribution in [2.24, 2.45) is 17.6 Å². The van der Waals surface area contributed by atoms with Gasteiger partial charge in [0.05, 0.1) is 43.3 Å². The molecule has 0 unspecified atom stereocenters. The van der Waals surface area contributed by atoms with E-state index in [1.807, 2.05) is 0 Å². The highest BCUT2D eigenvalue weighted by Gasteiger charge is 2.46. The van der Waals surface area contributed by atoms with E-state index in [9.17, 15) is 48.9 Å². The average molecular weight is 1400 g/mol. The first-order chi connectivity index (χ1) is 45.7. The summed E-state index contributed by atoms with van der Waals surface area (Å²) in [5.41, 5.74) is 8.61. The van der Waals surface area contributed by atoms with Crippen molar-refractivity contribution in [2.75, 3.05) is 20.3 Å². The maximum absolute atomic E-state index is 15.3. The van der Waals surface area contributed by atoms with Gasteiger partial charge in [0.1, 0.15) is 93.8 Å². The van der Waals surface area contributed by atoms with Gasteiger partial charge in [-0.2, -0.15) is 0 Å². The molecule has 2 fully saturated rings. The highest BCUT2D eigenvalue weighted by Crippen LogP contribution is 2.43. The van der Waals surface area contributed by atoms with Crippen molar-refractivity contribution in [3.05, 3.63) is 147 Å². The molecule has 12 rings (SSSR count). The third-order valence-electron chi connectivity index (χ3n) is 16.4. The number of nitrogens with zero attached hydrogens (tertiary/aromatic N) is 8. The molecule has 32 heteroatoms. The lowest BCUT2D eigenvalue weighted by Gasteiger charge is -2.29. The minimum Gasteiger partial charge on any atom is -0.482 e. The molecule has 7 aromatic heterocycles. The molecule has 2 aromatic carbocycles.